The zero-order valence-corrected chi connectivity index (χ0v) is 16.1. The van der Waals surface area contributed by atoms with E-state index in [9.17, 15) is 9.90 Å². The minimum absolute atomic E-state index is 0.0829. The molecule has 0 bridgehead atoms. The van der Waals surface area contributed by atoms with Gasteiger partial charge in [-0.25, -0.2) is 0 Å². The van der Waals surface area contributed by atoms with Gasteiger partial charge in [0.25, 0.3) is 0 Å². The fourth-order valence-corrected chi connectivity index (χ4v) is 3.44. The van der Waals surface area contributed by atoms with Crippen molar-refractivity contribution in [1.82, 2.24) is 0 Å². The molecule has 0 aromatic heterocycles. The summed E-state index contributed by atoms with van der Waals surface area (Å²) in [5.74, 6) is 0.354. The van der Waals surface area contributed by atoms with Crippen molar-refractivity contribution in [3.63, 3.8) is 0 Å². The highest BCUT2D eigenvalue weighted by molar-refractivity contribution is 5.71. The summed E-state index contributed by atoms with van der Waals surface area (Å²) in [7, 11) is 0. The van der Waals surface area contributed by atoms with Crippen LogP contribution in [-0.4, -0.2) is 23.3 Å². The van der Waals surface area contributed by atoms with Crippen LogP contribution < -0.4 is 0 Å². The summed E-state index contributed by atoms with van der Waals surface area (Å²) in [5, 5.41) is 10.7. The van der Waals surface area contributed by atoms with Crippen LogP contribution in [0.3, 0.4) is 0 Å². The van der Waals surface area contributed by atoms with E-state index in [0.717, 1.165) is 38.5 Å². The van der Waals surface area contributed by atoms with Crippen molar-refractivity contribution >= 4 is 5.97 Å². The third-order valence-corrected chi connectivity index (χ3v) is 5.09. The van der Waals surface area contributed by atoms with E-state index < -0.39 is 5.60 Å². The lowest BCUT2D eigenvalue weighted by molar-refractivity contribution is -0.147. The smallest absolute Gasteiger partial charge is 0.309 e. The van der Waals surface area contributed by atoms with Gasteiger partial charge in [-0.1, -0.05) is 43.6 Å². The molecule has 24 heavy (non-hydrogen) atoms. The van der Waals surface area contributed by atoms with Crippen molar-refractivity contribution in [2.24, 2.45) is 5.92 Å². The van der Waals surface area contributed by atoms with Gasteiger partial charge in [0.05, 0.1) is 18.6 Å². The van der Waals surface area contributed by atoms with Crippen LogP contribution in [0.2, 0.25) is 0 Å². The standard InChI is InChI=1S/C21H36O3/c1-5-17(4)10-8-11-18(6-2)14-19-12-9-13-21(23,15-19)16-20(22)24-7-3/h10,15,18,23H,5-9,11-14,16H2,1-4H3/b17-10+. The zero-order chi connectivity index (χ0) is 18.0. The first-order chi connectivity index (χ1) is 11.4. The summed E-state index contributed by atoms with van der Waals surface area (Å²) < 4.78 is 5.00. The molecule has 0 spiro atoms. The molecule has 0 fully saturated rings. The van der Waals surface area contributed by atoms with Gasteiger partial charge in [-0.3, -0.25) is 4.79 Å². The molecule has 1 rings (SSSR count). The molecule has 2 unspecified atom stereocenters. The summed E-state index contributed by atoms with van der Waals surface area (Å²) in [6, 6.07) is 0. The maximum atomic E-state index is 11.7. The molecule has 1 aliphatic rings. The van der Waals surface area contributed by atoms with Crippen molar-refractivity contribution < 1.29 is 14.6 Å². The average molecular weight is 337 g/mol. The van der Waals surface area contributed by atoms with Crippen LogP contribution in [0.15, 0.2) is 23.3 Å². The highest BCUT2D eigenvalue weighted by atomic mass is 16.5. The molecule has 0 saturated heterocycles. The lowest BCUT2D eigenvalue weighted by Gasteiger charge is -2.30. The molecule has 0 amide bonds. The topological polar surface area (TPSA) is 46.5 Å². The maximum Gasteiger partial charge on any atom is 0.309 e. The number of ether oxygens (including phenoxy) is 1. The Balaban J connectivity index is 2.61. The molecule has 1 aliphatic carbocycles. The molecule has 138 valence electrons. The fourth-order valence-electron chi connectivity index (χ4n) is 3.44. The quantitative estimate of drug-likeness (QED) is 0.433. The van der Waals surface area contributed by atoms with Gasteiger partial charge in [-0.15, -0.1) is 0 Å². The van der Waals surface area contributed by atoms with E-state index in [1.54, 1.807) is 6.92 Å². The molecule has 0 radical (unpaired) electrons. The second-order valence-corrected chi connectivity index (χ2v) is 7.20. The minimum atomic E-state index is -1.00. The van der Waals surface area contributed by atoms with E-state index >= 15 is 0 Å². The molecule has 0 aromatic carbocycles. The minimum Gasteiger partial charge on any atom is -0.466 e. The maximum absolute atomic E-state index is 11.7. The lowest BCUT2D eigenvalue weighted by atomic mass is 9.80. The number of rotatable bonds is 10. The van der Waals surface area contributed by atoms with Crippen LogP contribution in [0.25, 0.3) is 0 Å². The molecule has 0 saturated carbocycles. The number of hydrogen-bond donors (Lipinski definition) is 1. The molecule has 3 heteroatoms. The van der Waals surface area contributed by atoms with Gasteiger partial charge in [0.2, 0.25) is 0 Å². The SMILES string of the molecule is CCOC(=O)CC1(O)C=C(CC(CC)CC/C=C(\C)CC)CCC1. The monoisotopic (exact) mass is 336 g/mol. The Hall–Kier alpha value is -1.09. The van der Waals surface area contributed by atoms with Gasteiger partial charge in [0, 0.05) is 0 Å². The molecule has 1 N–H and O–H groups in total. The van der Waals surface area contributed by atoms with Gasteiger partial charge in [0.15, 0.2) is 0 Å². The molecular weight excluding hydrogens is 300 g/mol. The Bertz CT molecular complexity index is 450. The number of aliphatic hydroxyl groups is 1. The molecular formula is C21H36O3. The largest absolute Gasteiger partial charge is 0.466 e. The highest BCUT2D eigenvalue weighted by Crippen LogP contribution is 2.34. The normalized spacial score (nSPS) is 22.9. The van der Waals surface area contributed by atoms with Crippen molar-refractivity contribution in [1.29, 1.82) is 0 Å². The van der Waals surface area contributed by atoms with Crippen LogP contribution in [0.4, 0.5) is 0 Å². The number of carbonyl (C=O) groups excluding carboxylic acids is 1. The van der Waals surface area contributed by atoms with Crippen LogP contribution in [0.5, 0.6) is 0 Å². The first-order valence-electron chi connectivity index (χ1n) is 9.66. The second kappa shape index (κ2) is 10.7. The number of hydrogen-bond acceptors (Lipinski definition) is 3. The van der Waals surface area contributed by atoms with Gasteiger partial charge >= 0.3 is 5.97 Å². The summed E-state index contributed by atoms with van der Waals surface area (Å²) in [5.41, 5.74) is 1.78. The molecule has 0 aromatic rings. The van der Waals surface area contributed by atoms with Crippen molar-refractivity contribution in [2.45, 2.75) is 91.1 Å². The Kier molecular flexibility index (Phi) is 9.35. The van der Waals surface area contributed by atoms with E-state index in [1.807, 2.05) is 6.08 Å². The van der Waals surface area contributed by atoms with Crippen LogP contribution in [0, 0.1) is 5.92 Å². The van der Waals surface area contributed by atoms with E-state index in [4.69, 9.17) is 4.74 Å². The predicted molar refractivity (Wildman–Crippen MR) is 99.8 cm³/mol. The van der Waals surface area contributed by atoms with Crippen LogP contribution in [-0.2, 0) is 9.53 Å². The van der Waals surface area contributed by atoms with Crippen molar-refractivity contribution in [2.75, 3.05) is 6.61 Å². The van der Waals surface area contributed by atoms with E-state index in [2.05, 4.69) is 26.8 Å². The number of allylic oxidation sites excluding steroid dienone is 3. The van der Waals surface area contributed by atoms with Gasteiger partial charge < -0.3 is 9.84 Å². The van der Waals surface area contributed by atoms with E-state index in [1.165, 1.54) is 17.6 Å². The van der Waals surface area contributed by atoms with Crippen LogP contribution >= 0.6 is 0 Å². The Labute approximate surface area is 148 Å². The van der Waals surface area contributed by atoms with Gasteiger partial charge in [-0.2, -0.15) is 0 Å². The average Bonchev–Trinajstić information content (AvgIpc) is 2.53. The molecule has 0 aliphatic heterocycles. The summed E-state index contributed by atoms with van der Waals surface area (Å²) in [6.07, 6.45) is 12.7. The number of esters is 1. The first-order valence-corrected chi connectivity index (χ1v) is 9.66. The summed E-state index contributed by atoms with van der Waals surface area (Å²) in [4.78, 5) is 11.7. The summed E-state index contributed by atoms with van der Waals surface area (Å²) in [6.45, 7) is 8.80. The summed E-state index contributed by atoms with van der Waals surface area (Å²) >= 11 is 0. The van der Waals surface area contributed by atoms with Crippen molar-refractivity contribution in [3.05, 3.63) is 23.3 Å². The van der Waals surface area contributed by atoms with Crippen LogP contribution in [0.1, 0.15) is 85.5 Å². The van der Waals surface area contributed by atoms with Crippen molar-refractivity contribution in [3.8, 4) is 0 Å². The predicted octanol–water partition coefficient (Wildman–Crippen LogP) is 5.33. The Morgan fingerprint density at radius 1 is 1.42 bits per heavy atom. The number of carbonyl (C=O) groups is 1. The third-order valence-electron chi connectivity index (χ3n) is 5.09. The third kappa shape index (κ3) is 7.65. The Morgan fingerprint density at radius 3 is 2.79 bits per heavy atom. The molecule has 2 atom stereocenters. The van der Waals surface area contributed by atoms with Gasteiger partial charge in [-0.05, 0) is 64.7 Å². The second-order valence-electron chi connectivity index (χ2n) is 7.20. The van der Waals surface area contributed by atoms with E-state index in [0.29, 0.717) is 18.9 Å². The molecule has 0 heterocycles. The van der Waals surface area contributed by atoms with Gasteiger partial charge in [0.1, 0.15) is 0 Å². The zero-order valence-electron chi connectivity index (χ0n) is 16.1. The van der Waals surface area contributed by atoms with E-state index in [-0.39, 0.29) is 12.4 Å². The fraction of sp³-hybridized carbons (Fsp3) is 0.762. The first kappa shape index (κ1) is 21.0. The molecule has 3 nitrogen and oxygen atoms in total. The highest BCUT2D eigenvalue weighted by Gasteiger charge is 2.31. The lowest BCUT2D eigenvalue weighted by Crippen LogP contribution is -2.33. The Morgan fingerprint density at radius 2 is 2.17 bits per heavy atom.